The van der Waals surface area contributed by atoms with Crippen molar-refractivity contribution in [3.8, 4) is 0 Å². The monoisotopic (exact) mass is 369 g/mol. The second-order valence-corrected chi connectivity index (χ2v) is 8.11. The third-order valence-electron chi connectivity index (χ3n) is 5.84. The van der Waals surface area contributed by atoms with Crippen LogP contribution < -0.4 is 16.6 Å². The molecule has 0 aliphatic heterocycles. The van der Waals surface area contributed by atoms with Crippen LogP contribution in [0.3, 0.4) is 0 Å². The molecule has 2 fully saturated rings. The Bertz CT molecular complexity index is 882. The standard InChI is InChI=1S/C20H27N5O2/c1-11-7-16(19(26)22-8-11)12(2)25-10-15(9-23-25)24-20(27)18(21)17(13-3-4-13)14-5-6-14/h7-10,12-14,17-18H,3-6,21H2,1-2H3,(H,22,26)(H,24,27). The summed E-state index contributed by atoms with van der Waals surface area (Å²) in [4.78, 5) is 27.5. The average Bonchev–Trinajstić information content (AvgIpc) is 3.58. The normalized spacial score (nSPS) is 19.1. The van der Waals surface area contributed by atoms with Gasteiger partial charge in [0.2, 0.25) is 5.91 Å². The molecule has 0 bridgehead atoms. The molecule has 7 heteroatoms. The number of nitrogens with one attached hydrogen (secondary N) is 2. The summed E-state index contributed by atoms with van der Waals surface area (Å²) in [5.74, 6) is 1.41. The summed E-state index contributed by atoms with van der Waals surface area (Å²) < 4.78 is 1.68. The summed E-state index contributed by atoms with van der Waals surface area (Å²) in [5, 5.41) is 7.23. The van der Waals surface area contributed by atoms with Gasteiger partial charge >= 0.3 is 0 Å². The van der Waals surface area contributed by atoms with Crippen molar-refractivity contribution in [3.05, 3.63) is 46.1 Å². The fourth-order valence-electron chi connectivity index (χ4n) is 4.02. The van der Waals surface area contributed by atoms with Gasteiger partial charge in [0.05, 0.1) is 24.0 Å². The van der Waals surface area contributed by atoms with Crippen LogP contribution in [0.2, 0.25) is 0 Å². The molecular formula is C20H27N5O2. The molecule has 0 spiro atoms. The van der Waals surface area contributed by atoms with E-state index in [1.165, 1.54) is 25.7 Å². The molecule has 1 amide bonds. The van der Waals surface area contributed by atoms with Crippen LogP contribution in [0.4, 0.5) is 5.69 Å². The van der Waals surface area contributed by atoms with E-state index in [2.05, 4.69) is 15.4 Å². The molecule has 7 nitrogen and oxygen atoms in total. The van der Waals surface area contributed by atoms with Crippen molar-refractivity contribution in [2.45, 2.75) is 51.6 Å². The van der Waals surface area contributed by atoms with E-state index in [1.54, 1.807) is 23.3 Å². The summed E-state index contributed by atoms with van der Waals surface area (Å²) in [5.41, 5.74) is 8.39. The number of H-pyrrole nitrogens is 1. The Hall–Kier alpha value is -2.41. The predicted octanol–water partition coefficient (Wildman–Crippen LogP) is 2.19. The maximum Gasteiger partial charge on any atom is 0.253 e. The van der Waals surface area contributed by atoms with Crippen molar-refractivity contribution < 1.29 is 4.79 Å². The zero-order chi connectivity index (χ0) is 19.1. The first-order valence-electron chi connectivity index (χ1n) is 9.74. The highest BCUT2D eigenvalue weighted by molar-refractivity contribution is 5.94. The van der Waals surface area contributed by atoms with Gasteiger partial charge in [0, 0.05) is 18.0 Å². The molecule has 2 saturated carbocycles. The number of nitrogens with zero attached hydrogens (tertiary/aromatic N) is 2. The number of aromatic nitrogens is 3. The quantitative estimate of drug-likeness (QED) is 0.695. The zero-order valence-corrected chi connectivity index (χ0v) is 15.8. The van der Waals surface area contributed by atoms with Crippen LogP contribution in [-0.2, 0) is 4.79 Å². The third kappa shape index (κ3) is 3.83. The fraction of sp³-hybridized carbons (Fsp3) is 0.550. The second-order valence-electron chi connectivity index (χ2n) is 8.11. The minimum Gasteiger partial charge on any atom is -0.329 e. The second kappa shape index (κ2) is 6.96. The third-order valence-corrected chi connectivity index (χ3v) is 5.84. The van der Waals surface area contributed by atoms with Gasteiger partial charge in [-0.25, -0.2) is 0 Å². The van der Waals surface area contributed by atoms with Crippen molar-refractivity contribution >= 4 is 11.6 Å². The van der Waals surface area contributed by atoms with Gasteiger partial charge in [-0.1, -0.05) is 0 Å². The smallest absolute Gasteiger partial charge is 0.253 e. The first-order valence-corrected chi connectivity index (χ1v) is 9.74. The van der Waals surface area contributed by atoms with Crippen LogP contribution in [-0.4, -0.2) is 26.7 Å². The Kier molecular flexibility index (Phi) is 4.63. The van der Waals surface area contributed by atoms with E-state index < -0.39 is 6.04 Å². The number of pyridine rings is 1. The van der Waals surface area contributed by atoms with Crippen molar-refractivity contribution in [1.29, 1.82) is 0 Å². The van der Waals surface area contributed by atoms with Crippen molar-refractivity contribution in [3.63, 3.8) is 0 Å². The van der Waals surface area contributed by atoms with E-state index in [1.807, 2.05) is 19.9 Å². The van der Waals surface area contributed by atoms with Gasteiger partial charge in [0.25, 0.3) is 5.56 Å². The lowest BCUT2D eigenvalue weighted by Crippen LogP contribution is -2.43. The molecule has 144 valence electrons. The van der Waals surface area contributed by atoms with Gasteiger partial charge in [-0.2, -0.15) is 5.10 Å². The Morgan fingerprint density at radius 2 is 2.00 bits per heavy atom. The fourth-order valence-corrected chi connectivity index (χ4v) is 4.02. The highest BCUT2D eigenvalue weighted by Gasteiger charge is 2.46. The average molecular weight is 369 g/mol. The summed E-state index contributed by atoms with van der Waals surface area (Å²) in [6, 6.07) is 1.15. The summed E-state index contributed by atoms with van der Waals surface area (Å²) >= 11 is 0. The minimum absolute atomic E-state index is 0.132. The number of carbonyl (C=O) groups is 1. The largest absolute Gasteiger partial charge is 0.329 e. The summed E-state index contributed by atoms with van der Waals surface area (Å²) in [6.45, 7) is 3.84. The maximum absolute atomic E-state index is 12.6. The lowest BCUT2D eigenvalue weighted by Gasteiger charge is -2.22. The first kappa shape index (κ1) is 18.0. The van der Waals surface area contributed by atoms with Gasteiger partial charge in [-0.3, -0.25) is 14.3 Å². The number of amides is 1. The minimum atomic E-state index is -0.467. The zero-order valence-electron chi connectivity index (χ0n) is 15.8. The highest BCUT2D eigenvalue weighted by atomic mass is 16.2. The van der Waals surface area contributed by atoms with Crippen molar-refractivity contribution in [1.82, 2.24) is 14.8 Å². The molecule has 0 saturated heterocycles. The van der Waals surface area contributed by atoms with Crippen molar-refractivity contribution in [2.75, 3.05) is 5.32 Å². The molecule has 2 unspecified atom stereocenters. The maximum atomic E-state index is 12.6. The van der Waals surface area contributed by atoms with E-state index in [-0.39, 0.29) is 17.5 Å². The highest BCUT2D eigenvalue weighted by Crippen LogP contribution is 2.50. The molecule has 2 aliphatic rings. The lowest BCUT2D eigenvalue weighted by atomic mass is 9.89. The van der Waals surface area contributed by atoms with E-state index in [0.29, 0.717) is 29.0 Å². The number of hydrogen-bond acceptors (Lipinski definition) is 4. The van der Waals surface area contributed by atoms with Gasteiger partial charge in [0.15, 0.2) is 0 Å². The molecule has 2 aromatic heterocycles. The van der Waals surface area contributed by atoms with Crippen LogP contribution in [0, 0.1) is 24.7 Å². The molecule has 4 rings (SSSR count). The molecule has 2 aromatic rings. The van der Waals surface area contributed by atoms with Crippen LogP contribution in [0.5, 0.6) is 0 Å². The molecule has 27 heavy (non-hydrogen) atoms. The van der Waals surface area contributed by atoms with Crippen LogP contribution in [0.1, 0.15) is 49.8 Å². The van der Waals surface area contributed by atoms with E-state index >= 15 is 0 Å². The number of nitrogens with two attached hydrogens (primary N) is 1. The van der Waals surface area contributed by atoms with Crippen LogP contribution >= 0.6 is 0 Å². The molecule has 0 radical (unpaired) electrons. The SMILES string of the molecule is Cc1c[nH]c(=O)c(C(C)n2cc(NC(=O)C(N)C(C3CC3)C3CC3)cn2)c1. The van der Waals surface area contributed by atoms with Crippen LogP contribution in [0.15, 0.2) is 29.5 Å². The number of hydrogen-bond donors (Lipinski definition) is 3. The number of anilines is 1. The Labute approximate surface area is 158 Å². The molecule has 4 N–H and O–H groups in total. The van der Waals surface area contributed by atoms with Gasteiger partial charge < -0.3 is 16.0 Å². The van der Waals surface area contributed by atoms with Crippen LogP contribution in [0.25, 0.3) is 0 Å². The van der Waals surface area contributed by atoms with E-state index in [0.717, 1.165) is 5.56 Å². The Morgan fingerprint density at radius 3 is 2.63 bits per heavy atom. The molecule has 2 aliphatic carbocycles. The Balaban J connectivity index is 1.45. The number of rotatable bonds is 7. The van der Waals surface area contributed by atoms with Gasteiger partial charge in [-0.15, -0.1) is 0 Å². The first-order chi connectivity index (χ1) is 12.9. The molecule has 2 atom stereocenters. The van der Waals surface area contributed by atoms with Gasteiger partial charge in [0.1, 0.15) is 0 Å². The van der Waals surface area contributed by atoms with E-state index in [9.17, 15) is 9.59 Å². The summed E-state index contributed by atoms with van der Waals surface area (Å²) in [6.07, 6.45) is 9.83. The Morgan fingerprint density at radius 1 is 1.33 bits per heavy atom. The number of aryl methyl sites for hydroxylation is 1. The lowest BCUT2D eigenvalue weighted by molar-refractivity contribution is -0.118. The molecule has 2 heterocycles. The van der Waals surface area contributed by atoms with Crippen molar-refractivity contribution in [2.24, 2.45) is 23.5 Å². The number of carbonyl (C=O) groups excluding carboxylic acids is 1. The van der Waals surface area contributed by atoms with E-state index in [4.69, 9.17) is 5.73 Å². The molecular weight excluding hydrogens is 342 g/mol. The predicted molar refractivity (Wildman–Crippen MR) is 103 cm³/mol. The van der Waals surface area contributed by atoms with Gasteiger partial charge in [-0.05, 0) is 68.9 Å². The molecule has 0 aromatic carbocycles. The topological polar surface area (TPSA) is 106 Å². The summed E-state index contributed by atoms with van der Waals surface area (Å²) in [7, 11) is 0. The number of aromatic amines is 1.